The van der Waals surface area contributed by atoms with Crippen molar-refractivity contribution in [2.45, 2.75) is 110 Å². The summed E-state index contributed by atoms with van der Waals surface area (Å²) in [5.41, 5.74) is 0. The molecule has 0 bridgehead atoms. The van der Waals surface area contributed by atoms with Crippen LogP contribution in [0.5, 0.6) is 0 Å². The Labute approximate surface area is 160 Å². The largest absolute Gasteiger partial charge is 0.367 e. The van der Waals surface area contributed by atoms with E-state index >= 15 is 0 Å². The monoisotopic (exact) mass is 374 g/mol. The number of unbranched alkanes of at least 4 members (excludes halogenated alkanes) is 9. The number of hydrogen-bond donors (Lipinski definition) is 1. The lowest BCUT2D eigenvalue weighted by atomic mass is 10.0. The van der Waals surface area contributed by atoms with Crippen molar-refractivity contribution in [2.75, 3.05) is 18.8 Å². The zero-order valence-corrected chi connectivity index (χ0v) is 18.4. The minimum Gasteiger partial charge on any atom is -0.367 e. The molecule has 0 spiro atoms. The summed E-state index contributed by atoms with van der Waals surface area (Å²) in [5, 5.41) is 9.83. The minimum atomic E-state index is -1.05. The van der Waals surface area contributed by atoms with E-state index in [2.05, 4.69) is 25.7 Å². The summed E-state index contributed by atoms with van der Waals surface area (Å²) in [4.78, 5) is 0. The molecule has 2 nitrogen and oxygen atoms in total. The van der Waals surface area contributed by atoms with Crippen LogP contribution >= 0.6 is 10.3 Å². The van der Waals surface area contributed by atoms with Crippen molar-refractivity contribution in [1.29, 1.82) is 0 Å². The fraction of sp³-hybridized carbons (Fsp3) is 1.00. The third kappa shape index (κ3) is 14.0. The van der Waals surface area contributed by atoms with Gasteiger partial charge in [-0.1, -0.05) is 84.0 Å². The molecule has 1 saturated carbocycles. The second-order valence-electron chi connectivity index (χ2n) is 8.93. The SMILES string of the molecule is CCCCCCCCC1CC1CCCCCCCC(O)OS(C)(C)C. The molecule has 1 aliphatic carbocycles. The Kier molecular flexibility index (Phi) is 12.5. The Morgan fingerprint density at radius 1 is 0.800 bits per heavy atom. The normalized spacial score (nSPS) is 22.1. The van der Waals surface area contributed by atoms with E-state index in [4.69, 9.17) is 4.18 Å². The molecule has 3 unspecified atom stereocenters. The number of aliphatic hydroxyl groups is 1. The maximum absolute atomic E-state index is 9.83. The third-order valence-corrected chi connectivity index (χ3v) is 6.22. The Bertz CT molecular complexity index is 314. The molecule has 152 valence electrons. The van der Waals surface area contributed by atoms with E-state index < -0.39 is 16.6 Å². The molecule has 1 aliphatic rings. The van der Waals surface area contributed by atoms with Gasteiger partial charge in [-0.25, -0.2) is 0 Å². The van der Waals surface area contributed by atoms with Gasteiger partial charge in [0.05, 0.1) is 0 Å². The average Bonchev–Trinajstić information content (AvgIpc) is 3.26. The predicted molar refractivity (Wildman–Crippen MR) is 114 cm³/mol. The van der Waals surface area contributed by atoms with Gasteiger partial charge < -0.3 is 9.29 Å². The molecular weight excluding hydrogens is 328 g/mol. The molecule has 3 heteroatoms. The Hall–Kier alpha value is 0.270. The summed E-state index contributed by atoms with van der Waals surface area (Å²) in [6, 6.07) is 0. The van der Waals surface area contributed by atoms with Crippen LogP contribution in [0.1, 0.15) is 103 Å². The quantitative estimate of drug-likeness (QED) is 0.218. The van der Waals surface area contributed by atoms with Crippen molar-refractivity contribution in [3.63, 3.8) is 0 Å². The zero-order valence-electron chi connectivity index (χ0n) is 17.6. The highest BCUT2D eigenvalue weighted by Crippen LogP contribution is 2.45. The highest BCUT2D eigenvalue weighted by Gasteiger charge is 2.34. The molecular formula is C22H46O2S. The molecule has 0 saturated heterocycles. The van der Waals surface area contributed by atoms with E-state index in [0.717, 1.165) is 24.7 Å². The van der Waals surface area contributed by atoms with Crippen LogP contribution in [0.25, 0.3) is 0 Å². The van der Waals surface area contributed by atoms with Gasteiger partial charge in [-0.3, -0.25) is 0 Å². The van der Waals surface area contributed by atoms with E-state index in [1.54, 1.807) is 0 Å². The van der Waals surface area contributed by atoms with E-state index in [1.807, 2.05) is 0 Å². The molecule has 1 N–H and O–H groups in total. The molecule has 0 heterocycles. The van der Waals surface area contributed by atoms with Crippen molar-refractivity contribution < 1.29 is 9.29 Å². The summed E-state index contributed by atoms with van der Waals surface area (Å²) in [5.74, 6) is 2.15. The van der Waals surface area contributed by atoms with Crippen LogP contribution in [-0.4, -0.2) is 30.2 Å². The lowest BCUT2D eigenvalue weighted by Gasteiger charge is -2.28. The van der Waals surface area contributed by atoms with Gasteiger partial charge in [-0.15, -0.1) is 10.3 Å². The van der Waals surface area contributed by atoms with Gasteiger partial charge in [0.2, 0.25) is 0 Å². The highest BCUT2D eigenvalue weighted by molar-refractivity contribution is 8.28. The van der Waals surface area contributed by atoms with Crippen molar-refractivity contribution in [3.8, 4) is 0 Å². The second-order valence-corrected chi connectivity index (χ2v) is 12.6. The molecule has 0 radical (unpaired) electrons. The van der Waals surface area contributed by atoms with E-state index in [-0.39, 0.29) is 0 Å². The fourth-order valence-corrected chi connectivity index (χ4v) is 4.60. The minimum absolute atomic E-state index is 0.552. The summed E-state index contributed by atoms with van der Waals surface area (Å²) in [7, 11) is -1.05. The van der Waals surface area contributed by atoms with Gasteiger partial charge in [-0.05, 0) is 49.9 Å². The van der Waals surface area contributed by atoms with E-state index in [9.17, 15) is 5.11 Å². The molecule has 0 aromatic rings. The van der Waals surface area contributed by atoms with Crippen LogP contribution in [0.15, 0.2) is 0 Å². The first-order valence-corrected chi connectivity index (χ1v) is 13.7. The average molecular weight is 375 g/mol. The molecule has 0 aromatic carbocycles. The maximum atomic E-state index is 9.83. The Morgan fingerprint density at radius 3 is 1.80 bits per heavy atom. The number of rotatable bonds is 17. The van der Waals surface area contributed by atoms with E-state index in [0.29, 0.717) is 0 Å². The fourth-order valence-electron chi connectivity index (χ4n) is 3.84. The second kappa shape index (κ2) is 13.4. The van der Waals surface area contributed by atoms with Crippen LogP contribution in [-0.2, 0) is 4.18 Å². The van der Waals surface area contributed by atoms with Crippen LogP contribution in [0.4, 0.5) is 0 Å². The number of aliphatic hydroxyl groups excluding tert-OH is 1. The zero-order chi connectivity index (χ0) is 18.5. The van der Waals surface area contributed by atoms with E-state index in [1.165, 1.54) is 83.5 Å². The highest BCUT2D eigenvalue weighted by atomic mass is 32.3. The van der Waals surface area contributed by atoms with Gasteiger partial charge in [0.1, 0.15) is 0 Å². The van der Waals surface area contributed by atoms with Crippen LogP contribution in [0.2, 0.25) is 0 Å². The molecule has 0 aliphatic heterocycles. The molecule has 0 amide bonds. The van der Waals surface area contributed by atoms with Crippen LogP contribution in [0, 0.1) is 11.8 Å². The lowest BCUT2D eigenvalue weighted by molar-refractivity contribution is -0.0129. The Morgan fingerprint density at radius 2 is 1.28 bits per heavy atom. The lowest BCUT2D eigenvalue weighted by Crippen LogP contribution is -2.13. The summed E-state index contributed by atoms with van der Waals surface area (Å²) in [6.07, 6.45) is 26.1. The van der Waals surface area contributed by atoms with Gasteiger partial charge in [0, 0.05) is 0 Å². The molecule has 1 rings (SSSR count). The van der Waals surface area contributed by atoms with Gasteiger partial charge >= 0.3 is 0 Å². The van der Waals surface area contributed by atoms with Gasteiger partial charge in [0.25, 0.3) is 0 Å². The summed E-state index contributed by atoms with van der Waals surface area (Å²) in [6.45, 7) is 2.29. The summed E-state index contributed by atoms with van der Waals surface area (Å²) < 4.78 is 5.62. The molecule has 3 atom stereocenters. The van der Waals surface area contributed by atoms with Crippen LogP contribution in [0.3, 0.4) is 0 Å². The number of hydrogen-bond acceptors (Lipinski definition) is 2. The first-order chi connectivity index (χ1) is 11.9. The summed E-state index contributed by atoms with van der Waals surface area (Å²) >= 11 is 0. The smallest absolute Gasteiger partial charge is 0.165 e. The third-order valence-electron chi connectivity index (χ3n) is 5.42. The van der Waals surface area contributed by atoms with Gasteiger partial charge in [-0.2, -0.15) is 0 Å². The topological polar surface area (TPSA) is 29.5 Å². The standard InChI is InChI=1S/C22H46O2S/c1-5-6-7-8-10-13-16-20-19-21(20)17-14-11-9-12-15-18-22(23)24-25(2,3)4/h20-23H,5-19H2,1-4H3. The van der Waals surface area contributed by atoms with Crippen molar-refractivity contribution >= 4 is 10.3 Å². The molecule has 25 heavy (non-hydrogen) atoms. The van der Waals surface area contributed by atoms with Crippen molar-refractivity contribution in [2.24, 2.45) is 11.8 Å². The predicted octanol–water partition coefficient (Wildman–Crippen LogP) is 7.05. The van der Waals surface area contributed by atoms with Gasteiger partial charge in [0.15, 0.2) is 6.29 Å². The first kappa shape index (κ1) is 23.3. The Balaban J connectivity index is 1.81. The molecule has 1 fully saturated rings. The van der Waals surface area contributed by atoms with Crippen molar-refractivity contribution in [3.05, 3.63) is 0 Å². The van der Waals surface area contributed by atoms with Crippen molar-refractivity contribution in [1.82, 2.24) is 0 Å². The maximum Gasteiger partial charge on any atom is 0.165 e. The first-order valence-electron chi connectivity index (χ1n) is 11.0. The van der Waals surface area contributed by atoms with Crippen LogP contribution < -0.4 is 0 Å². The molecule has 0 aromatic heterocycles.